The lowest BCUT2D eigenvalue weighted by Gasteiger charge is -2.22. The van der Waals surface area contributed by atoms with Gasteiger partial charge in [-0.1, -0.05) is 48.0 Å². The van der Waals surface area contributed by atoms with Crippen LogP contribution in [0.1, 0.15) is 17.5 Å². The minimum Gasteiger partial charge on any atom is -0.232 e. The summed E-state index contributed by atoms with van der Waals surface area (Å²) in [6.07, 6.45) is 4.53. The number of hydrogen-bond acceptors (Lipinski definition) is 2. The minimum absolute atomic E-state index is 0.331. The number of benzene rings is 2. The average molecular weight is 312 g/mol. The van der Waals surface area contributed by atoms with Gasteiger partial charge in [-0.25, -0.2) is 12.7 Å². The van der Waals surface area contributed by atoms with Crippen LogP contribution in [-0.2, 0) is 10.0 Å². The molecule has 0 bridgehead atoms. The van der Waals surface area contributed by atoms with Crippen LogP contribution in [0.15, 0.2) is 65.7 Å². The van der Waals surface area contributed by atoms with E-state index in [0.717, 1.165) is 23.1 Å². The Morgan fingerprint density at radius 2 is 1.68 bits per heavy atom. The Bertz CT molecular complexity index is 778. The van der Waals surface area contributed by atoms with Gasteiger partial charge in [0.25, 0.3) is 10.0 Å². The van der Waals surface area contributed by atoms with E-state index in [0.29, 0.717) is 11.4 Å². The maximum Gasteiger partial charge on any atom is 0.267 e. The first kappa shape index (κ1) is 14.7. The lowest BCUT2D eigenvalue weighted by atomic mass is 10.0. The largest absolute Gasteiger partial charge is 0.267 e. The number of rotatable bonds is 3. The van der Waals surface area contributed by atoms with Crippen LogP contribution in [0.25, 0.3) is 5.57 Å². The van der Waals surface area contributed by atoms with E-state index in [1.165, 1.54) is 4.31 Å². The number of allylic oxidation sites excluding steroid dienone is 1. The highest BCUT2D eigenvalue weighted by molar-refractivity contribution is 7.89. The zero-order valence-corrected chi connectivity index (χ0v) is 13.3. The fourth-order valence-electron chi connectivity index (χ4n) is 2.48. The lowest BCUT2D eigenvalue weighted by Crippen LogP contribution is -2.30. The second kappa shape index (κ2) is 5.89. The van der Waals surface area contributed by atoms with Crippen molar-refractivity contribution >= 4 is 15.6 Å². The second-order valence-corrected chi connectivity index (χ2v) is 7.29. The number of aryl methyl sites for hydroxylation is 1. The van der Waals surface area contributed by atoms with E-state index in [1.54, 1.807) is 18.3 Å². The van der Waals surface area contributed by atoms with Gasteiger partial charge < -0.3 is 0 Å². The molecule has 0 saturated heterocycles. The number of hydrogen-bond donors (Lipinski definition) is 0. The van der Waals surface area contributed by atoms with E-state index in [-0.39, 0.29) is 0 Å². The maximum absolute atomic E-state index is 12.7. The summed E-state index contributed by atoms with van der Waals surface area (Å²) < 4.78 is 26.9. The van der Waals surface area contributed by atoms with Crippen LogP contribution in [0.3, 0.4) is 0 Å². The van der Waals surface area contributed by atoms with Crippen LogP contribution in [0.5, 0.6) is 0 Å². The molecular formula is C18H18NO2S+. The van der Waals surface area contributed by atoms with E-state index >= 15 is 0 Å². The predicted molar refractivity (Wildman–Crippen MR) is 88.4 cm³/mol. The predicted octanol–water partition coefficient (Wildman–Crippen LogP) is 3.63. The average Bonchev–Trinajstić information content (AvgIpc) is 2.56. The van der Waals surface area contributed by atoms with Crippen molar-refractivity contribution in [3.63, 3.8) is 0 Å². The SMILES string of the molecule is Cc1ccc(S(=O)(=O)N2C=C(c3ccccc3)C[CH+]C2)cc1. The second-order valence-electron chi connectivity index (χ2n) is 5.40. The van der Waals surface area contributed by atoms with Gasteiger partial charge in [0.1, 0.15) is 12.8 Å². The van der Waals surface area contributed by atoms with E-state index in [4.69, 9.17) is 0 Å². The Kier molecular flexibility index (Phi) is 3.94. The highest BCUT2D eigenvalue weighted by Crippen LogP contribution is 2.28. The van der Waals surface area contributed by atoms with Crippen LogP contribution >= 0.6 is 0 Å². The molecule has 0 radical (unpaired) electrons. The molecule has 0 N–H and O–H groups in total. The fraction of sp³-hybridized carbons (Fsp3) is 0.167. The summed E-state index contributed by atoms with van der Waals surface area (Å²) in [6.45, 7) is 2.35. The lowest BCUT2D eigenvalue weighted by molar-refractivity contribution is 0.509. The molecule has 1 aliphatic heterocycles. The molecule has 0 unspecified atom stereocenters. The highest BCUT2D eigenvalue weighted by atomic mass is 32.2. The third-order valence-corrected chi connectivity index (χ3v) is 5.49. The van der Waals surface area contributed by atoms with E-state index in [2.05, 4.69) is 0 Å². The maximum atomic E-state index is 12.7. The standard InChI is InChI=1S/C18H18NO2S/c1-15-9-11-18(12-10-15)22(20,21)19-13-5-8-17(14-19)16-6-3-2-4-7-16/h2-7,9-12,14H,8,13H2,1H3/q+1. The molecule has 0 atom stereocenters. The Labute approximate surface area is 132 Å². The van der Waals surface area contributed by atoms with Crippen LogP contribution in [-0.4, -0.2) is 19.3 Å². The Morgan fingerprint density at radius 1 is 1.00 bits per heavy atom. The minimum atomic E-state index is -3.49. The summed E-state index contributed by atoms with van der Waals surface area (Å²) in [7, 11) is -3.49. The zero-order chi connectivity index (χ0) is 15.6. The summed E-state index contributed by atoms with van der Waals surface area (Å²) in [5, 5.41) is 0. The molecule has 0 amide bonds. The summed E-state index contributed by atoms with van der Waals surface area (Å²) in [4.78, 5) is 0.331. The van der Waals surface area contributed by atoms with Gasteiger partial charge in [0.15, 0.2) is 6.54 Å². The van der Waals surface area contributed by atoms with Gasteiger partial charge in [-0.2, -0.15) is 0 Å². The van der Waals surface area contributed by atoms with Gasteiger partial charge in [0, 0.05) is 11.8 Å². The van der Waals surface area contributed by atoms with Crippen molar-refractivity contribution in [3.8, 4) is 0 Å². The van der Waals surface area contributed by atoms with Crippen molar-refractivity contribution in [2.75, 3.05) is 6.54 Å². The third-order valence-electron chi connectivity index (χ3n) is 3.75. The Morgan fingerprint density at radius 3 is 2.36 bits per heavy atom. The molecule has 1 heterocycles. The molecule has 1 aliphatic rings. The Balaban J connectivity index is 1.95. The molecule has 2 aromatic carbocycles. The smallest absolute Gasteiger partial charge is 0.232 e. The van der Waals surface area contributed by atoms with Crippen molar-refractivity contribution in [2.45, 2.75) is 18.2 Å². The number of nitrogens with zero attached hydrogens (tertiary/aromatic N) is 1. The van der Waals surface area contributed by atoms with Gasteiger partial charge in [-0.3, -0.25) is 0 Å². The molecule has 22 heavy (non-hydrogen) atoms. The van der Waals surface area contributed by atoms with Crippen molar-refractivity contribution in [2.24, 2.45) is 0 Å². The molecule has 4 heteroatoms. The van der Waals surface area contributed by atoms with Crippen LogP contribution in [0, 0.1) is 13.3 Å². The van der Waals surface area contributed by atoms with Crippen LogP contribution < -0.4 is 0 Å². The molecule has 0 spiro atoms. The topological polar surface area (TPSA) is 37.4 Å². The van der Waals surface area contributed by atoms with Crippen LogP contribution in [0.4, 0.5) is 0 Å². The molecule has 0 aliphatic carbocycles. The zero-order valence-electron chi connectivity index (χ0n) is 12.4. The summed E-state index contributed by atoms with van der Waals surface area (Å²) >= 11 is 0. The number of sulfonamides is 1. The van der Waals surface area contributed by atoms with Gasteiger partial charge >= 0.3 is 0 Å². The molecule has 0 aromatic heterocycles. The molecule has 0 saturated carbocycles. The highest BCUT2D eigenvalue weighted by Gasteiger charge is 2.28. The summed E-state index contributed by atoms with van der Waals surface area (Å²) in [6, 6.07) is 16.9. The van der Waals surface area contributed by atoms with Crippen molar-refractivity contribution in [1.29, 1.82) is 0 Å². The van der Waals surface area contributed by atoms with Gasteiger partial charge in [-0.05, 0) is 24.6 Å². The first-order chi connectivity index (χ1) is 10.6. The first-order valence-electron chi connectivity index (χ1n) is 7.24. The molecule has 3 nitrogen and oxygen atoms in total. The van der Waals surface area contributed by atoms with Crippen LogP contribution in [0.2, 0.25) is 0 Å². The quantitative estimate of drug-likeness (QED) is 0.812. The fourth-order valence-corrected chi connectivity index (χ4v) is 3.80. The molecule has 2 aromatic rings. The van der Waals surface area contributed by atoms with Crippen molar-refractivity contribution in [1.82, 2.24) is 4.31 Å². The van der Waals surface area contributed by atoms with E-state index in [9.17, 15) is 8.42 Å². The molecule has 112 valence electrons. The molecule has 0 fully saturated rings. The van der Waals surface area contributed by atoms with Gasteiger partial charge in [0.2, 0.25) is 0 Å². The summed E-state index contributed by atoms with van der Waals surface area (Å²) in [5.74, 6) is 0. The molecule has 3 rings (SSSR count). The van der Waals surface area contributed by atoms with E-state index < -0.39 is 10.0 Å². The summed E-state index contributed by atoms with van der Waals surface area (Å²) in [5.41, 5.74) is 3.12. The normalized spacial score (nSPS) is 15.1. The molecular weight excluding hydrogens is 294 g/mol. The van der Waals surface area contributed by atoms with Gasteiger partial charge in [-0.15, -0.1) is 0 Å². The van der Waals surface area contributed by atoms with Crippen molar-refractivity contribution < 1.29 is 8.42 Å². The van der Waals surface area contributed by atoms with E-state index in [1.807, 2.05) is 55.8 Å². The first-order valence-corrected chi connectivity index (χ1v) is 8.68. The monoisotopic (exact) mass is 312 g/mol. The van der Waals surface area contributed by atoms with Crippen molar-refractivity contribution in [3.05, 3.63) is 78.3 Å². The Hall–Kier alpha value is -2.20. The third kappa shape index (κ3) is 2.88. The van der Waals surface area contributed by atoms with Gasteiger partial charge in [0.05, 0.1) is 4.90 Å².